The first kappa shape index (κ1) is 13.9. The Morgan fingerprint density at radius 1 is 0.812 bits per heavy atom. The second kappa shape index (κ2) is 4.99. The van der Waals surface area contributed by atoms with E-state index in [1.54, 1.807) is 0 Å². The smallest absolute Gasteiger partial charge is 0.209 e. The monoisotopic (exact) mass is 270 g/mol. The summed E-state index contributed by atoms with van der Waals surface area (Å²) in [5, 5.41) is 0. The maximum atomic E-state index is 11.1. The highest BCUT2D eigenvalue weighted by Crippen LogP contribution is 2.19. The summed E-state index contributed by atoms with van der Waals surface area (Å²) >= 11 is 0. The fraction of sp³-hybridized carbons (Fsp3) is 1.00. The first-order valence-corrected chi connectivity index (χ1v) is 8.90. The summed E-state index contributed by atoms with van der Waals surface area (Å²) in [4.78, 5) is 0. The Bertz CT molecular complexity index is 387. The van der Waals surface area contributed by atoms with Gasteiger partial charge in [-0.25, -0.2) is 26.3 Å². The minimum atomic E-state index is -3.30. The zero-order valence-corrected chi connectivity index (χ0v) is 11.1. The van der Waals surface area contributed by atoms with Crippen molar-refractivity contribution < 1.29 is 16.8 Å². The van der Waals surface area contributed by atoms with Gasteiger partial charge in [0.15, 0.2) is 0 Å². The third-order valence-corrected chi connectivity index (χ3v) is 3.96. The lowest BCUT2D eigenvalue weighted by molar-refractivity contribution is 0.341. The standard InChI is InChI=1S/C8H18N2O4S2/c1-15(11,12)9-7-5-3-4-6-8(7)10-16(2,13)14/h7-10H,3-6H2,1-2H3/t7-,8-/m0/s1. The summed E-state index contributed by atoms with van der Waals surface area (Å²) in [6.45, 7) is 0. The SMILES string of the molecule is CS(=O)(=O)N[C@H]1CCCC[C@@H]1NS(C)(=O)=O. The van der Waals surface area contributed by atoms with Gasteiger partial charge < -0.3 is 0 Å². The molecule has 0 aliphatic heterocycles. The molecule has 0 heterocycles. The number of nitrogens with one attached hydrogen (secondary N) is 2. The number of sulfonamides is 2. The van der Waals surface area contributed by atoms with Gasteiger partial charge in [-0.3, -0.25) is 0 Å². The van der Waals surface area contributed by atoms with E-state index >= 15 is 0 Å². The minimum absolute atomic E-state index is 0.335. The van der Waals surface area contributed by atoms with Gasteiger partial charge in [0.2, 0.25) is 20.0 Å². The molecule has 16 heavy (non-hydrogen) atoms. The zero-order valence-electron chi connectivity index (χ0n) is 9.43. The molecule has 2 N–H and O–H groups in total. The van der Waals surface area contributed by atoms with Gasteiger partial charge in [-0.05, 0) is 12.8 Å². The third kappa shape index (κ3) is 5.24. The third-order valence-electron chi connectivity index (χ3n) is 2.50. The molecule has 96 valence electrons. The molecule has 1 aliphatic rings. The predicted molar refractivity (Wildman–Crippen MR) is 62.0 cm³/mol. The van der Waals surface area contributed by atoms with Gasteiger partial charge >= 0.3 is 0 Å². The average molecular weight is 270 g/mol. The maximum absolute atomic E-state index is 11.1. The molecule has 0 bridgehead atoms. The van der Waals surface area contributed by atoms with E-state index in [-0.39, 0.29) is 12.1 Å². The molecule has 0 unspecified atom stereocenters. The van der Waals surface area contributed by atoms with Crippen molar-refractivity contribution in [2.75, 3.05) is 12.5 Å². The second-order valence-electron chi connectivity index (χ2n) is 4.28. The Morgan fingerprint density at radius 2 is 1.12 bits per heavy atom. The molecule has 0 aromatic rings. The first-order chi connectivity index (χ1) is 7.17. The van der Waals surface area contributed by atoms with Crippen molar-refractivity contribution >= 4 is 20.0 Å². The average Bonchev–Trinajstić information content (AvgIpc) is 2.03. The molecule has 0 amide bonds. The van der Waals surface area contributed by atoms with Crippen molar-refractivity contribution in [3.8, 4) is 0 Å². The van der Waals surface area contributed by atoms with Gasteiger partial charge in [-0.15, -0.1) is 0 Å². The summed E-state index contributed by atoms with van der Waals surface area (Å²) < 4.78 is 49.4. The first-order valence-electron chi connectivity index (χ1n) is 5.12. The minimum Gasteiger partial charge on any atom is -0.213 e. The normalized spacial score (nSPS) is 27.9. The van der Waals surface area contributed by atoms with Gasteiger partial charge in [0, 0.05) is 12.1 Å². The van der Waals surface area contributed by atoms with Crippen LogP contribution in [-0.2, 0) is 20.0 Å². The van der Waals surface area contributed by atoms with E-state index in [0.717, 1.165) is 25.4 Å². The van der Waals surface area contributed by atoms with Crippen LogP contribution in [0.4, 0.5) is 0 Å². The van der Waals surface area contributed by atoms with Crippen LogP contribution in [0.15, 0.2) is 0 Å². The number of rotatable bonds is 4. The molecule has 1 saturated carbocycles. The Morgan fingerprint density at radius 3 is 1.38 bits per heavy atom. The largest absolute Gasteiger partial charge is 0.213 e. The van der Waals surface area contributed by atoms with Gasteiger partial charge in [-0.2, -0.15) is 0 Å². The van der Waals surface area contributed by atoms with Crippen molar-refractivity contribution in [3.05, 3.63) is 0 Å². The van der Waals surface area contributed by atoms with E-state index in [2.05, 4.69) is 9.44 Å². The second-order valence-corrected chi connectivity index (χ2v) is 7.84. The van der Waals surface area contributed by atoms with Crippen molar-refractivity contribution in [1.82, 2.24) is 9.44 Å². The molecule has 8 heteroatoms. The van der Waals surface area contributed by atoms with Crippen molar-refractivity contribution in [2.24, 2.45) is 0 Å². The van der Waals surface area contributed by atoms with E-state index < -0.39 is 20.0 Å². The zero-order chi connectivity index (χ0) is 12.4. The van der Waals surface area contributed by atoms with Crippen LogP contribution in [0.25, 0.3) is 0 Å². The Kier molecular flexibility index (Phi) is 4.33. The number of hydrogen-bond acceptors (Lipinski definition) is 4. The fourth-order valence-electron chi connectivity index (χ4n) is 1.96. The lowest BCUT2D eigenvalue weighted by Gasteiger charge is -2.31. The van der Waals surface area contributed by atoms with Crippen molar-refractivity contribution in [2.45, 2.75) is 37.8 Å². The van der Waals surface area contributed by atoms with Crippen LogP contribution in [-0.4, -0.2) is 41.4 Å². The molecule has 1 rings (SSSR count). The van der Waals surface area contributed by atoms with Gasteiger partial charge in [0.05, 0.1) is 12.5 Å². The maximum Gasteiger partial charge on any atom is 0.209 e. The molecule has 0 radical (unpaired) electrons. The van der Waals surface area contributed by atoms with Crippen LogP contribution in [0, 0.1) is 0 Å². The van der Waals surface area contributed by atoms with Crippen LogP contribution in [0.3, 0.4) is 0 Å². The highest BCUT2D eigenvalue weighted by atomic mass is 32.2. The van der Waals surface area contributed by atoms with Gasteiger partial charge in [0.25, 0.3) is 0 Å². The molecular formula is C8H18N2O4S2. The molecule has 2 atom stereocenters. The Labute approximate surface area is 96.9 Å². The van der Waals surface area contributed by atoms with Crippen LogP contribution >= 0.6 is 0 Å². The quantitative estimate of drug-likeness (QED) is 0.713. The summed E-state index contributed by atoms with van der Waals surface area (Å²) in [6, 6.07) is -0.669. The van der Waals surface area contributed by atoms with E-state index in [0.29, 0.717) is 12.8 Å². The molecule has 0 aromatic carbocycles. The summed E-state index contributed by atoms with van der Waals surface area (Å²) in [5.74, 6) is 0. The van der Waals surface area contributed by atoms with Crippen molar-refractivity contribution in [1.29, 1.82) is 0 Å². The molecule has 0 spiro atoms. The van der Waals surface area contributed by atoms with Crippen LogP contribution in [0.5, 0.6) is 0 Å². The summed E-state index contributed by atoms with van der Waals surface area (Å²) in [5.41, 5.74) is 0. The molecule has 1 fully saturated rings. The number of hydrogen-bond donors (Lipinski definition) is 2. The fourth-order valence-corrected chi connectivity index (χ4v) is 3.63. The van der Waals surface area contributed by atoms with E-state index in [9.17, 15) is 16.8 Å². The van der Waals surface area contributed by atoms with Crippen LogP contribution in [0.2, 0.25) is 0 Å². The summed E-state index contributed by atoms with van der Waals surface area (Å²) in [7, 11) is -6.59. The molecule has 6 nitrogen and oxygen atoms in total. The van der Waals surface area contributed by atoms with Crippen molar-refractivity contribution in [3.63, 3.8) is 0 Å². The van der Waals surface area contributed by atoms with Gasteiger partial charge in [-0.1, -0.05) is 12.8 Å². The Hall–Kier alpha value is -0.180. The molecule has 0 aromatic heterocycles. The van der Waals surface area contributed by atoms with E-state index in [1.807, 2.05) is 0 Å². The van der Waals surface area contributed by atoms with E-state index in [4.69, 9.17) is 0 Å². The highest BCUT2D eigenvalue weighted by molar-refractivity contribution is 7.89. The highest BCUT2D eigenvalue weighted by Gasteiger charge is 2.29. The Balaban J connectivity index is 2.72. The summed E-state index contributed by atoms with van der Waals surface area (Å²) in [6.07, 6.45) is 5.32. The van der Waals surface area contributed by atoms with E-state index in [1.165, 1.54) is 0 Å². The predicted octanol–water partition coefficient (Wildman–Crippen LogP) is -0.604. The topological polar surface area (TPSA) is 92.3 Å². The lowest BCUT2D eigenvalue weighted by Crippen LogP contribution is -2.52. The lowest BCUT2D eigenvalue weighted by atomic mass is 9.92. The van der Waals surface area contributed by atoms with Crippen LogP contribution in [0.1, 0.15) is 25.7 Å². The molecule has 1 aliphatic carbocycles. The molecule has 0 saturated heterocycles. The molecular weight excluding hydrogens is 252 g/mol. The van der Waals surface area contributed by atoms with Gasteiger partial charge in [0.1, 0.15) is 0 Å². The van der Waals surface area contributed by atoms with Crippen LogP contribution < -0.4 is 9.44 Å².